The number of amides is 1. The van der Waals surface area contributed by atoms with Crippen LogP contribution in [0.2, 0.25) is 0 Å². The largest absolute Gasteiger partial charge is 0.493 e. The first-order chi connectivity index (χ1) is 15.5. The molecule has 0 atom stereocenters. The van der Waals surface area contributed by atoms with E-state index in [0.717, 1.165) is 11.3 Å². The number of nitrogens with zero attached hydrogens (tertiary/aromatic N) is 2. The summed E-state index contributed by atoms with van der Waals surface area (Å²) in [5.74, 6) is -0.0792. The molecule has 0 fully saturated rings. The van der Waals surface area contributed by atoms with Crippen LogP contribution in [0.4, 0.5) is 14.5 Å². The molecule has 0 saturated heterocycles. The summed E-state index contributed by atoms with van der Waals surface area (Å²) in [5.41, 5.74) is 2.20. The standard InChI is InChI=1S/C23H19F2N3O4/c1-30-19-9-8-15(11-20(19)32-23(24)25)22(29)27-16-5-4-6-18(12-16)31-14-17-13-28-10-3-2-7-21(28)26-17/h2-13,23H,14H2,1H3,(H,27,29). The Morgan fingerprint density at radius 2 is 1.97 bits per heavy atom. The summed E-state index contributed by atoms with van der Waals surface area (Å²) in [7, 11) is 1.32. The molecule has 0 aliphatic heterocycles. The van der Waals surface area contributed by atoms with Gasteiger partial charge in [-0.1, -0.05) is 12.1 Å². The second-order valence-electron chi connectivity index (χ2n) is 6.71. The molecule has 4 aromatic rings. The number of rotatable bonds is 8. The van der Waals surface area contributed by atoms with Gasteiger partial charge in [-0.05, 0) is 42.5 Å². The molecule has 0 aliphatic carbocycles. The topological polar surface area (TPSA) is 74.1 Å². The minimum absolute atomic E-state index is 0.101. The monoisotopic (exact) mass is 439 g/mol. The number of nitrogens with one attached hydrogen (secondary N) is 1. The molecule has 9 heteroatoms. The van der Waals surface area contributed by atoms with Gasteiger partial charge in [-0.2, -0.15) is 8.78 Å². The molecule has 2 aromatic heterocycles. The maximum atomic E-state index is 12.6. The fourth-order valence-corrected chi connectivity index (χ4v) is 3.09. The smallest absolute Gasteiger partial charge is 0.387 e. The van der Waals surface area contributed by atoms with Crippen LogP contribution in [0.25, 0.3) is 5.65 Å². The molecular formula is C23H19F2N3O4. The van der Waals surface area contributed by atoms with Gasteiger partial charge >= 0.3 is 6.61 Å². The summed E-state index contributed by atoms with van der Waals surface area (Å²) in [5, 5.41) is 2.71. The van der Waals surface area contributed by atoms with Gasteiger partial charge in [0.1, 0.15) is 18.0 Å². The van der Waals surface area contributed by atoms with Crippen molar-refractivity contribution >= 4 is 17.2 Å². The van der Waals surface area contributed by atoms with Crippen LogP contribution in [0.1, 0.15) is 16.1 Å². The van der Waals surface area contributed by atoms with Crippen molar-refractivity contribution in [2.75, 3.05) is 12.4 Å². The first-order valence-corrected chi connectivity index (χ1v) is 9.61. The molecule has 0 radical (unpaired) electrons. The lowest BCUT2D eigenvalue weighted by atomic mass is 10.2. The van der Waals surface area contributed by atoms with Crippen molar-refractivity contribution in [3.8, 4) is 17.2 Å². The minimum atomic E-state index is -3.04. The van der Waals surface area contributed by atoms with E-state index in [-0.39, 0.29) is 23.7 Å². The molecular weight excluding hydrogens is 420 g/mol. The second-order valence-corrected chi connectivity index (χ2v) is 6.71. The Kier molecular flexibility index (Phi) is 6.16. The van der Waals surface area contributed by atoms with Crippen molar-refractivity contribution in [1.29, 1.82) is 0 Å². The van der Waals surface area contributed by atoms with E-state index < -0.39 is 12.5 Å². The zero-order chi connectivity index (χ0) is 22.5. The fraction of sp³-hybridized carbons (Fsp3) is 0.130. The van der Waals surface area contributed by atoms with Gasteiger partial charge in [0.05, 0.1) is 12.8 Å². The van der Waals surface area contributed by atoms with Crippen molar-refractivity contribution < 1.29 is 27.8 Å². The minimum Gasteiger partial charge on any atom is -0.493 e. The van der Waals surface area contributed by atoms with E-state index in [4.69, 9.17) is 9.47 Å². The summed E-state index contributed by atoms with van der Waals surface area (Å²) in [6.45, 7) is -2.78. The van der Waals surface area contributed by atoms with E-state index in [1.54, 1.807) is 24.3 Å². The quantitative estimate of drug-likeness (QED) is 0.428. The lowest BCUT2D eigenvalue weighted by molar-refractivity contribution is -0.0512. The van der Waals surface area contributed by atoms with Crippen molar-refractivity contribution in [2.45, 2.75) is 13.2 Å². The molecule has 2 aromatic carbocycles. The number of halogens is 2. The molecule has 4 rings (SSSR count). The average molecular weight is 439 g/mol. The maximum absolute atomic E-state index is 12.6. The van der Waals surface area contributed by atoms with E-state index >= 15 is 0 Å². The molecule has 2 heterocycles. The van der Waals surface area contributed by atoms with Gasteiger partial charge < -0.3 is 23.9 Å². The maximum Gasteiger partial charge on any atom is 0.387 e. The summed E-state index contributed by atoms with van der Waals surface area (Å²) < 4.78 is 42.3. The number of fused-ring (bicyclic) bond motifs is 1. The van der Waals surface area contributed by atoms with E-state index in [0.29, 0.717) is 11.4 Å². The number of hydrogen-bond acceptors (Lipinski definition) is 5. The first kappa shape index (κ1) is 21.1. The Morgan fingerprint density at radius 3 is 2.75 bits per heavy atom. The van der Waals surface area contributed by atoms with Crippen LogP contribution < -0.4 is 19.5 Å². The van der Waals surface area contributed by atoms with Crippen molar-refractivity contribution in [3.63, 3.8) is 0 Å². The number of ether oxygens (including phenoxy) is 3. The fourth-order valence-electron chi connectivity index (χ4n) is 3.09. The number of methoxy groups -OCH3 is 1. The van der Waals surface area contributed by atoms with Crippen LogP contribution in [-0.4, -0.2) is 29.0 Å². The predicted molar refractivity (Wildman–Crippen MR) is 114 cm³/mol. The van der Waals surface area contributed by atoms with Crippen LogP contribution in [0.5, 0.6) is 17.2 Å². The van der Waals surface area contributed by atoms with Crippen molar-refractivity contribution in [2.24, 2.45) is 0 Å². The molecule has 0 unspecified atom stereocenters. The lowest BCUT2D eigenvalue weighted by Gasteiger charge is -2.12. The van der Waals surface area contributed by atoms with E-state index in [2.05, 4.69) is 15.0 Å². The molecule has 1 amide bonds. The van der Waals surface area contributed by atoms with Crippen LogP contribution in [0.3, 0.4) is 0 Å². The number of carbonyl (C=O) groups excluding carboxylic acids is 1. The van der Waals surface area contributed by atoms with E-state index in [1.807, 2.05) is 35.0 Å². The van der Waals surface area contributed by atoms with Gasteiger partial charge in [0.2, 0.25) is 0 Å². The van der Waals surface area contributed by atoms with Gasteiger partial charge in [0.25, 0.3) is 5.91 Å². The molecule has 7 nitrogen and oxygen atoms in total. The van der Waals surface area contributed by atoms with Crippen LogP contribution in [-0.2, 0) is 6.61 Å². The van der Waals surface area contributed by atoms with Crippen LogP contribution in [0, 0.1) is 0 Å². The third kappa shape index (κ3) is 4.94. The number of pyridine rings is 1. The number of hydrogen-bond donors (Lipinski definition) is 1. The zero-order valence-electron chi connectivity index (χ0n) is 17.0. The highest BCUT2D eigenvalue weighted by atomic mass is 19.3. The normalized spacial score (nSPS) is 10.9. The molecule has 0 spiro atoms. The molecule has 1 N–H and O–H groups in total. The predicted octanol–water partition coefficient (Wildman–Crippen LogP) is 4.78. The molecule has 0 bridgehead atoms. The number of aromatic nitrogens is 2. The Labute approximate surface area is 182 Å². The number of imidazole rings is 1. The van der Waals surface area contributed by atoms with Gasteiger partial charge in [0, 0.05) is 29.7 Å². The molecule has 32 heavy (non-hydrogen) atoms. The SMILES string of the molecule is COc1ccc(C(=O)Nc2cccc(OCc3cn4ccccc4n3)c2)cc1OC(F)F. The van der Waals surface area contributed by atoms with Gasteiger partial charge in [-0.25, -0.2) is 4.98 Å². The summed E-state index contributed by atoms with van der Waals surface area (Å²) in [6.07, 6.45) is 3.78. The summed E-state index contributed by atoms with van der Waals surface area (Å²) >= 11 is 0. The van der Waals surface area contributed by atoms with Crippen LogP contribution in [0.15, 0.2) is 73.1 Å². The number of alkyl halides is 2. The Morgan fingerprint density at radius 1 is 1.09 bits per heavy atom. The third-order valence-corrected chi connectivity index (χ3v) is 4.53. The van der Waals surface area contributed by atoms with E-state index in [1.165, 1.54) is 25.3 Å². The number of anilines is 1. The third-order valence-electron chi connectivity index (χ3n) is 4.53. The lowest BCUT2D eigenvalue weighted by Crippen LogP contribution is -2.13. The Balaban J connectivity index is 1.43. The first-order valence-electron chi connectivity index (χ1n) is 9.61. The van der Waals surface area contributed by atoms with Crippen molar-refractivity contribution in [1.82, 2.24) is 9.38 Å². The van der Waals surface area contributed by atoms with Crippen molar-refractivity contribution in [3.05, 3.63) is 84.3 Å². The summed E-state index contributed by atoms with van der Waals surface area (Å²) in [4.78, 5) is 17.1. The molecule has 164 valence electrons. The van der Waals surface area contributed by atoms with Gasteiger partial charge in [-0.15, -0.1) is 0 Å². The number of carbonyl (C=O) groups is 1. The number of benzene rings is 2. The zero-order valence-corrected chi connectivity index (χ0v) is 17.0. The van der Waals surface area contributed by atoms with Crippen LogP contribution >= 0.6 is 0 Å². The highest BCUT2D eigenvalue weighted by molar-refractivity contribution is 6.04. The Bertz CT molecular complexity index is 1210. The van der Waals surface area contributed by atoms with E-state index in [9.17, 15) is 13.6 Å². The second kappa shape index (κ2) is 9.34. The Hall–Kier alpha value is -4.14. The highest BCUT2D eigenvalue weighted by Crippen LogP contribution is 2.30. The van der Waals surface area contributed by atoms with Gasteiger partial charge in [-0.3, -0.25) is 4.79 Å². The highest BCUT2D eigenvalue weighted by Gasteiger charge is 2.15. The average Bonchev–Trinajstić information content (AvgIpc) is 3.20. The van der Waals surface area contributed by atoms with Gasteiger partial charge in [0.15, 0.2) is 11.5 Å². The molecule has 0 saturated carbocycles. The molecule has 0 aliphatic rings. The summed E-state index contributed by atoms with van der Waals surface area (Å²) in [6, 6.07) is 16.6.